The van der Waals surface area contributed by atoms with Gasteiger partial charge in [-0.05, 0) is 42.9 Å². The maximum absolute atomic E-state index is 10.1. The lowest BCUT2D eigenvalue weighted by Gasteiger charge is -2.44. The summed E-state index contributed by atoms with van der Waals surface area (Å²) >= 11 is 0. The molecule has 0 bridgehead atoms. The molecule has 0 spiro atoms. The van der Waals surface area contributed by atoms with E-state index in [2.05, 4.69) is 20.8 Å². The molecule has 0 radical (unpaired) electrons. The lowest BCUT2D eigenvalue weighted by Crippen LogP contribution is -2.50. The summed E-state index contributed by atoms with van der Waals surface area (Å²) in [5.41, 5.74) is 12.2. The molecule has 0 amide bonds. The molecule has 1 aliphatic carbocycles. The van der Waals surface area contributed by atoms with E-state index in [0.717, 1.165) is 44.9 Å². The molecule has 6 N–H and O–H groups in total. The van der Waals surface area contributed by atoms with Crippen molar-refractivity contribution in [3.63, 3.8) is 0 Å². The molecule has 6 heteroatoms. The van der Waals surface area contributed by atoms with Gasteiger partial charge >= 0.3 is 11.9 Å². The highest BCUT2D eigenvalue weighted by molar-refractivity contribution is 5.66. The highest BCUT2D eigenvalue weighted by Gasteiger charge is 2.39. The molecule has 1 atom stereocenters. The van der Waals surface area contributed by atoms with Crippen LogP contribution in [0, 0.1) is 10.8 Å². The van der Waals surface area contributed by atoms with Crippen molar-refractivity contribution < 1.29 is 19.8 Å². The van der Waals surface area contributed by atoms with E-state index >= 15 is 0 Å². The first-order valence-corrected chi connectivity index (χ1v) is 9.93. The van der Waals surface area contributed by atoms with E-state index in [1.807, 2.05) is 0 Å². The van der Waals surface area contributed by atoms with E-state index in [9.17, 15) is 9.59 Å². The summed E-state index contributed by atoms with van der Waals surface area (Å²) in [5.74, 6) is -1.48. The molecule has 154 valence electrons. The zero-order valence-corrected chi connectivity index (χ0v) is 16.9. The van der Waals surface area contributed by atoms with Crippen LogP contribution in [0.2, 0.25) is 0 Å². The van der Waals surface area contributed by atoms with Crippen LogP contribution in [0.1, 0.15) is 97.8 Å². The van der Waals surface area contributed by atoms with Crippen molar-refractivity contribution in [2.45, 2.75) is 104 Å². The number of nitrogens with two attached hydrogens (primary N) is 2. The van der Waals surface area contributed by atoms with Gasteiger partial charge in [-0.15, -0.1) is 0 Å². The van der Waals surface area contributed by atoms with E-state index in [-0.39, 0.29) is 24.4 Å². The molecule has 1 rings (SSSR count). The van der Waals surface area contributed by atoms with Crippen LogP contribution in [-0.4, -0.2) is 28.3 Å². The summed E-state index contributed by atoms with van der Waals surface area (Å²) in [6, 6.07) is 0. The molecule has 0 aromatic rings. The summed E-state index contributed by atoms with van der Waals surface area (Å²) in [5, 5.41) is 16.7. The Bertz CT molecular complexity index is 404. The van der Waals surface area contributed by atoms with Gasteiger partial charge in [0.25, 0.3) is 0 Å². The number of unbranched alkanes of at least 4 members (excludes halogenated alkanes) is 5. The van der Waals surface area contributed by atoms with Crippen LogP contribution in [0.5, 0.6) is 0 Å². The normalized spacial score (nSPS) is 21.8. The minimum Gasteiger partial charge on any atom is -0.481 e. The molecule has 6 nitrogen and oxygen atoms in total. The third kappa shape index (κ3) is 12.3. The van der Waals surface area contributed by atoms with Gasteiger partial charge in [-0.2, -0.15) is 0 Å². The van der Waals surface area contributed by atoms with Gasteiger partial charge in [0.05, 0.1) is 6.17 Å². The second-order valence-corrected chi connectivity index (χ2v) is 8.78. The predicted molar refractivity (Wildman–Crippen MR) is 105 cm³/mol. The topological polar surface area (TPSA) is 127 Å². The highest BCUT2D eigenvalue weighted by atomic mass is 16.4. The molecule has 1 unspecified atom stereocenters. The first kappa shape index (κ1) is 24.9. The van der Waals surface area contributed by atoms with Crippen molar-refractivity contribution in [1.82, 2.24) is 0 Å². The van der Waals surface area contributed by atoms with Crippen molar-refractivity contribution in [3.8, 4) is 0 Å². The minimum absolute atomic E-state index is 0.155. The fraction of sp³-hybridized carbons (Fsp3) is 0.900. The van der Waals surface area contributed by atoms with Crippen LogP contribution >= 0.6 is 0 Å². The van der Waals surface area contributed by atoms with Crippen LogP contribution in [0.15, 0.2) is 0 Å². The second kappa shape index (κ2) is 12.3. The van der Waals surface area contributed by atoms with Gasteiger partial charge < -0.3 is 21.7 Å². The van der Waals surface area contributed by atoms with Gasteiger partial charge in [-0.1, -0.05) is 52.9 Å². The molecule has 0 saturated heterocycles. The third-order valence-corrected chi connectivity index (χ3v) is 5.32. The van der Waals surface area contributed by atoms with E-state index in [1.165, 1.54) is 19.3 Å². The second-order valence-electron chi connectivity index (χ2n) is 8.78. The average molecular weight is 373 g/mol. The number of hydrogen-bond donors (Lipinski definition) is 4. The molecule has 0 aromatic heterocycles. The van der Waals surface area contributed by atoms with Crippen molar-refractivity contribution >= 4 is 11.9 Å². The first-order chi connectivity index (χ1) is 12.0. The standard InChI is InChI=1S/C10H22N2.C10H18O4/c1-9(2)5-4-6-10(3,7-9)8(11)12;11-9(12)7-5-3-1-2-4-6-8-10(13)14/h8H,4-7,11-12H2,1-3H3;1-8H2,(H,11,12)(H,13,14). The van der Waals surface area contributed by atoms with Crippen LogP contribution < -0.4 is 11.5 Å². The fourth-order valence-electron chi connectivity index (χ4n) is 3.78. The van der Waals surface area contributed by atoms with Gasteiger partial charge in [0.2, 0.25) is 0 Å². The van der Waals surface area contributed by atoms with Crippen LogP contribution in [0.4, 0.5) is 0 Å². The maximum atomic E-state index is 10.1. The predicted octanol–water partition coefficient (Wildman–Crippen LogP) is 4.11. The summed E-state index contributed by atoms with van der Waals surface area (Å²) in [6.07, 6.45) is 10.6. The number of carboxylic acid groups (broad SMARTS) is 2. The van der Waals surface area contributed by atoms with Crippen molar-refractivity contribution in [1.29, 1.82) is 0 Å². The Hall–Kier alpha value is -1.14. The average Bonchev–Trinajstić information content (AvgIpc) is 2.48. The van der Waals surface area contributed by atoms with E-state index in [1.54, 1.807) is 0 Å². The third-order valence-electron chi connectivity index (χ3n) is 5.32. The summed E-state index contributed by atoms with van der Waals surface area (Å²) in [4.78, 5) is 20.3. The largest absolute Gasteiger partial charge is 0.481 e. The summed E-state index contributed by atoms with van der Waals surface area (Å²) < 4.78 is 0. The Balaban J connectivity index is 0.000000485. The maximum Gasteiger partial charge on any atom is 0.303 e. The molecular weight excluding hydrogens is 332 g/mol. The number of carboxylic acids is 2. The van der Waals surface area contributed by atoms with Crippen LogP contribution in [0.25, 0.3) is 0 Å². The fourth-order valence-corrected chi connectivity index (χ4v) is 3.78. The molecule has 0 aliphatic heterocycles. The van der Waals surface area contributed by atoms with Crippen molar-refractivity contribution in [3.05, 3.63) is 0 Å². The van der Waals surface area contributed by atoms with Crippen molar-refractivity contribution in [2.24, 2.45) is 22.3 Å². The number of hydrogen-bond acceptors (Lipinski definition) is 4. The number of rotatable bonds is 10. The molecule has 1 saturated carbocycles. The van der Waals surface area contributed by atoms with Gasteiger partial charge in [0.15, 0.2) is 0 Å². The number of carbonyl (C=O) groups is 2. The Morgan fingerprint density at radius 3 is 1.58 bits per heavy atom. The van der Waals surface area contributed by atoms with Gasteiger partial charge in [-0.3, -0.25) is 9.59 Å². The Kier molecular flexibility index (Phi) is 11.7. The zero-order chi connectivity index (χ0) is 20.2. The first-order valence-electron chi connectivity index (χ1n) is 9.93. The minimum atomic E-state index is -0.740. The molecule has 0 aromatic carbocycles. The molecule has 0 heterocycles. The lowest BCUT2D eigenvalue weighted by atomic mass is 9.63. The van der Waals surface area contributed by atoms with Crippen LogP contribution in [-0.2, 0) is 9.59 Å². The Labute approximate surface area is 158 Å². The molecule has 26 heavy (non-hydrogen) atoms. The van der Waals surface area contributed by atoms with Gasteiger partial charge in [-0.25, -0.2) is 0 Å². The van der Waals surface area contributed by atoms with Gasteiger partial charge in [0, 0.05) is 12.8 Å². The zero-order valence-electron chi connectivity index (χ0n) is 16.9. The monoisotopic (exact) mass is 372 g/mol. The molecule has 1 fully saturated rings. The smallest absolute Gasteiger partial charge is 0.303 e. The number of aliphatic carboxylic acids is 2. The Morgan fingerprint density at radius 2 is 1.27 bits per heavy atom. The lowest BCUT2D eigenvalue weighted by molar-refractivity contribution is -0.138. The SMILES string of the molecule is CC1(C)CCCC(C)(C(N)N)C1.O=C(O)CCCCCCCCC(=O)O. The quantitative estimate of drug-likeness (QED) is 0.337. The van der Waals surface area contributed by atoms with E-state index in [4.69, 9.17) is 21.7 Å². The molecule has 1 aliphatic rings. The van der Waals surface area contributed by atoms with Crippen LogP contribution in [0.3, 0.4) is 0 Å². The van der Waals surface area contributed by atoms with E-state index in [0.29, 0.717) is 5.41 Å². The molecular formula is C20H40N2O4. The highest BCUT2D eigenvalue weighted by Crippen LogP contribution is 2.46. The van der Waals surface area contributed by atoms with E-state index < -0.39 is 11.9 Å². The summed E-state index contributed by atoms with van der Waals surface area (Å²) in [6.45, 7) is 6.85. The van der Waals surface area contributed by atoms with Crippen molar-refractivity contribution in [2.75, 3.05) is 0 Å². The summed E-state index contributed by atoms with van der Waals surface area (Å²) in [7, 11) is 0. The Morgan fingerprint density at radius 1 is 0.846 bits per heavy atom. The van der Waals surface area contributed by atoms with Gasteiger partial charge in [0.1, 0.15) is 0 Å².